The van der Waals surface area contributed by atoms with Gasteiger partial charge in [0.1, 0.15) is 11.9 Å². The second-order valence-corrected chi connectivity index (χ2v) is 3.64. The van der Waals surface area contributed by atoms with E-state index >= 15 is 0 Å². The van der Waals surface area contributed by atoms with Crippen molar-refractivity contribution in [2.24, 2.45) is 0 Å². The lowest BCUT2D eigenvalue weighted by Crippen LogP contribution is -2.31. The second-order valence-electron chi connectivity index (χ2n) is 3.23. The number of hydrogen-bond acceptors (Lipinski definition) is 2. The molecule has 0 saturated heterocycles. The van der Waals surface area contributed by atoms with Crippen LogP contribution in [0.1, 0.15) is 11.6 Å². The van der Waals surface area contributed by atoms with E-state index in [-0.39, 0.29) is 10.6 Å². The summed E-state index contributed by atoms with van der Waals surface area (Å²) >= 11 is 5.47. The number of alkyl halides is 3. The van der Waals surface area contributed by atoms with Gasteiger partial charge in [-0.05, 0) is 17.7 Å². The summed E-state index contributed by atoms with van der Waals surface area (Å²) in [6.07, 6.45) is -4.42. The zero-order valence-corrected chi connectivity index (χ0v) is 9.11. The molecule has 0 aliphatic heterocycles. The van der Waals surface area contributed by atoms with Crippen LogP contribution in [0.3, 0.4) is 0 Å². The van der Waals surface area contributed by atoms with E-state index in [9.17, 15) is 17.6 Å². The molecule has 0 aliphatic carbocycles. The monoisotopic (exact) mass is 266 g/mol. The van der Waals surface area contributed by atoms with E-state index in [1.807, 2.05) is 5.32 Å². The lowest BCUT2D eigenvalue weighted by molar-refractivity contribution is -0.125. The summed E-state index contributed by atoms with van der Waals surface area (Å²) in [7, 11) is 0. The molecule has 1 N–H and O–H groups in total. The van der Waals surface area contributed by atoms with Crippen LogP contribution >= 0.6 is 11.6 Å². The first-order valence-electron chi connectivity index (χ1n) is 4.48. The highest BCUT2D eigenvalue weighted by molar-refractivity contribution is 6.30. The minimum atomic E-state index is -4.42. The Hall–Kier alpha value is -1.32. The molecule has 0 radical (unpaired) electrons. The van der Waals surface area contributed by atoms with Crippen molar-refractivity contribution in [3.63, 3.8) is 0 Å². The van der Waals surface area contributed by atoms with Crippen molar-refractivity contribution in [2.75, 3.05) is 6.54 Å². The molecule has 0 bridgehead atoms. The maximum atomic E-state index is 12.8. The Kier molecular flexibility index (Phi) is 4.32. The molecule has 2 nitrogen and oxygen atoms in total. The highest BCUT2D eigenvalue weighted by Crippen LogP contribution is 2.22. The Balaban J connectivity index is 2.81. The molecule has 1 unspecified atom stereocenters. The third kappa shape index (κ3) is 4.21. The summed E-state index contributed by atoms with van der Waals surface area (Å²) < 4.78 is 48.7. The first-order valence-corrected chi connectivity index (χ1v) is 4.86. The van der Waals surface area contributed by atoms with E-state index in [0.29, 0.717) is 0 Å². The summed E-state index contributed by atoms with van der Waals surface area (Å²) in [5, 5.41) is 10.5. The Morgan fingerprint density at radius 3 is 2.53 bits per heavy atom. The van der Waals surface area contributed by atoms with Crippen molar-refractivity contribution >= 4 is 11.6 Å². The van der Waals surface area contributed by atoms with Crippen LogP contribution in [0.15, 0.2) is 18.2 Å². The summed E-state index contributed by atoms with van der Waals surface area (Å²) in [4.78, 5) is 0. The standard InChI is InChI=1S/C10H7ClF4N2/c11-7-3-6(1-2-8(7)12)9(4-16)17-5-10(13,14)15/h1-3,9,17H,5H2. The van der Waals surface area contributed by atoms with Crippen molar-refractivity contribution in [3.8, 4) is 6.07 Å². The summed E-state index contributed by atoms with van der Waals surface area (Å²) in [5.41, 5.74) is 0.183. The van der Waals surface area contributed by atoms with Gasteiger partial charge in [0.15, 0.2) is 0 Å². The molecule has 0 amide bonds. The smallest absolute Gasteiger partial charge is 0.290 e. The van der Waals surface area contributed by atoms with E-state index < -0.39 is 24.6 Å². The largest absolute Gasteiger partial charge is 0.401 e. The van der Waals surface area contributed by atoms with Crippen molar-refractivity contribution in [1.29, 1.82) is 5.26 Å². The zero-order valence-electron chi connectivity index (χ0n) is 8.35. The lowest BCUT2D eigenvalue weighted by Gasteiger charge is -2.13. The molecule has 1 rings (SSSR count). The number of hydrogen-bond donors (Lipinski definition) is 1. The van der Waals surface area contributed by atoms with Gasteiger partial charge in [-0.2, -0.15) is 18.4 Å². The topological polar surface area (TPSA) is 35.8 Å². The molecule has 7 heteroatoms. The van der Waals surface area contributed by atoms with E-state index in [1.165, 1.54) is 6.07 Å². The van der Waals surface area contributed by atoms with Crippen LogP contribution in [0.2, 0.25) is 5.02 Å². The van der Waals surface area contributed by atoms with Crippen LogP contribution < -0.4 is 5.32 Å². The predicted molar refractivity (Wildman–Crippen MR) is 53.8 cm³/mol. The number of nitrogens with one attached hydrogen (secondary N) is 1. The third-order valence-electron chi connectivity index (χ3n) is 1.91. The molecule has 0 saturated carbocycles. The van der Waals surface area contributed by atoms with Crippen molar-refractivity contribution in [1.82, 2.24) is 5.32 Å². The third-order valence-corrected chi connectivity index (χ3v) is 2.20. The van der Waals surface area contributed by atoms with Gasteiger partial charge >= 0.3 is 6.18 Å². The SMILES string of the molecule is N#CC(NCC(F)(F)F)c1ccc(F)c(Cl)c1. The highest BCUT2D eigenvalue weighted by Gasteiger charge is 2.28. The molecule has 0 heterocycles. The van der Waals surface area contributed by atoms with Crippen molar-refractivity contribution in [2.45, 2.75) is 12.2 Å². The minimum absolute atomic E-state index is 0.183. The van der Waals surface area contributed by atoms with Crippen LogP contribution in [0.5, 0.6) is 0 Å². The van der Waals surface area contributed by atoms with Crippen LogP contribution in [0, 0.1) is 17.1 Å². The van der Waals surface area contributed by atoms with E-state index in [1.54, 1.807) is 6.07 Å². The molecule has 1 aromatic rings. The van der Waals surface area contributed by atoms with Gasteiger partial charge in [0.05, 0.1) is 17.6 Å². The Morgan fingerprint density at radius 2 is 2.06 bits per heavy atom. The quantitative estimate of drug-likeness (QED) is 0.853. The van der Waals surface area contributed by atoms with Crippen LogP contribution in [0.4, 0.5) is 17.6 Å². The van der Waals surface area contributed by atoms with E-state index in [2.05, 4.69) is 0 Å². The molecule has 1 atom stereocenters. The molecule has 17 heavy (non-hydrogen) atoms. The fraction of sp³-hybridized carbons (Fsp3) is 0.300. The fourth-order valence-electron chi connectivity index (χ4n) is 1.15. The van der Waals surface area contributed by atoms with Crippen LogP contribution in [-0.2, 0) is 0 Å². The van der Waals surface area contributed by atoms with Gasteiger partial charge in [0, 0.05) is 0 Å². The summed E-state index contributed by atoms with van der Waals surface area (Å²) in [6.45, 7) is -1.31. The molecular formula is C10H7ClF4N2. The second kappa shape index (κ2) is 5.34. The molecule has 92 valence electrons. The normalized spacial score (nSPS) is 13.2. The Morgan fingerprint density at radius 1 is 1.41 bits per heavy atom. The number of nitrogens with zero attached hydrogens (tertiary/aromatic N) is 1. The van der Waals surface area contributed by atoms with Gasteiger partial charge in [-0.25, -0.2) is 4.39 Å². The minimum Gasteiger partial charge on any atom is -0.290 e. The highest BCUT2D eigenvalue weighted by atomic mass is 35.5. The van der Waals surface area contributed by atoms with Gasteiger partial charge < -0.3 is 0 Å². The zero-order chi connectivity index (χ0) is 13.1. The average Bonchev–Trinajstić information content (AvgIpc) is 2.22. The maximum absolute atomic E-state index is 12.8. The molecule has 1 aromatic carbocycles. The number of nitriles is 1. The summed E-state index contributed by atoms with van der Waals surface area (Å²) in [5.74, 6) is -0.692. The van der Waals surface area contributed by atoms with Gasteiger partial charge in [-0.15, -0.1) is 0 Å². The van der Waals surface area contributed by atoms with Gasteiger partial charge in [-0.1, -0.05) is 17.7 Å². The fourth-order valence-corrected chi connectivity index (χ4v) is 1.34. The summed E-state index contributed by atoms with van der Waals surface area (Å²) in [6, 6.07) is 3.78. The first kappa shape index (κ1) is 13.7. The number of rotatable bonds is 3. The molecule has 0 fully saturated rings. The molecule has 0 aliphatic rings. The van der Waals surface area contributed by atoms with Crippen LogP contribution in [0.25, 0.3) is 0 Å². The number of halogens is 5. The van der Waals surface area contributed by atoms with Gasteiger partial charge in [0.2, 0.25) is 0 Å². The lowest BCUT2D eigenvalue weighted by atomic mass is 10.1. The number of benzene rings is 1. The van der Waals surface area contributed by atoms with E-state index in [4.69, 9.17) is 16.9 Å². The first-order chi connectivity index (χ1) is 7.83. The predicted octanol–water partition coefficient (Wildman–Crippen LogP) is 3.20. The van der Waals surface area contributed by atoms with E-state index in [0.717, 1.165) is 12.1 Å². The molecule has 0 aromatic heterocycles. The Labute approximate surface area is 99.8 Å². The van der Waals surface area contributed by atoms with Crippen molar-refractivity contribution in [3.05, 3.63) is 34.6 Å². The van der Waals surface area contributed by atoms with Crippen LogP contribution in [-0.4, -0.2) is 12.7 Å². The van der Waals surface area contributed by atoms with Gasteiger partial charge in [0.25, 0.3) is 0 Å². The molecule has 0 spiro atoms. The average molecular weight is 267 g/mol. The maximum Gasteiger partial charge on any atom is 0.401 e. The Bertz CT molecular complexity index is 439. The van der Waals surface area contributed by atoms with Crippen molar-refractivity contribution < 1.29 is 17.6 Å². The van der Waals surface area contributed by atoms with Gasteiger partial charge in [-0.3, -0.25) is 5.32 Å². The molecular weight excluding hydrogens is 260 g/mol.